The van der Waals surface area contributed by atoms with Gasteiger partial charge in [-0.25, -0.2) is 8.42 Å². The first kappa shape index (κ1) is 25.3. The lowest BCUT2D eigenvalue weighted by atomic mass is 9.93. The van der Waals surface area contributed by atoms with Crippen LogP contribution in [0.2, 0.25) is 0 Å². The number of carbonyl (C=O) groups is 2. The molecule has 1 saturated heterocycles. The number of nitrogens with zero attached hydrogens (tertiary/aromatic N) is 2. The number of carbonyl (C=O) groups excluding carboxylic acids is 2. The van der Waals surface area contributed by atoms with Gasteiger partial charge >= 0.3 is 0 Å². The molecule has 10 heteroatoms. The lowest BCUT2D eigenvalue weighted by Gasteiger charge is -2.47. The fraction of sp³-hybridized carbons (Fsp3) is 0.652. The number of benzene rings is 1. The number of ether oxygens (including phenoxy) is 2. The van der Waals surface area contributed by atoms with E-state index < -0.39 is 21.5 Å². The van der Waals surface area contributed by atoms with Crippen molar-refractivity contribution < 1.29 is 27.5 Å². The van der Waals surface area contributed by atoms with E-state index in [-0.39, 0.29) is 30.8 Å². The summed E-state index contributed by atoms with van der Waals surface area (Å²) in [5.41, 5.74) is -1.02. The number of hydrogen-bond donors (Lipinski definition) is 1. The number of piperazine rings is 1. The highest BCUT2D eigenvalue weighted by Crippen LogP contribution is 2.36. The van der Waals surface area contributed by atoms with Gasteiger partial charge in [-0.15, -0.1) is 0 Å². The van der Waals surface area contributed by atoms with Gasteiger partial charge in [-0.3, -0.25) is 14.5 Å². The molecule has 0 aromatic heterocycles. The third-order valence-electron chi connectivity index (χ3n) is 6.57. The van der Waals surface area contributed by atoms with Crippen molar-refractivity contribution >= 4 is 27.5 Å². The molecule has 1 heterocycles. The number of rotatable bonds is 7. The first-order valence-corrected chi connectivity index (χ1v) is 13.1. The van der Waals surface area contributed by atoms with Gasteiger partial charge in [-0.1, -0.05) is 25.7 Å². The van der Waals surface area contributed by atoms with Crippen LogP contribution in [-0.2, 0) is 19.6 Å². The molecule has 2 amide bonds. The van der Waals surface area contributed by atoms with E-state index in [1.165, 1.54) is 26.0 Å². The fourth-order valence-electron chi connectivity index (χ4n) is 4.63. The van der Waals surface area contributed by atoms with Crippen LogP contribution in [0.5, 0.6) is 11.5 Å². The molecule has 1 aromatic carbocycles. The highest BCUT2D eigenvalue weighted by molar-refractivity contribution is 7.89. The lowest BCUT2D eigenvalue weighted by Crippen LogP contribution is -2.70. The third kappa shape index (κ3) is 5.43. The van der Waals surface area contributed by atoms with Crippen molar-refractivity contribution in [1.29, 1.82) is 0 Å². The van der Waals surface area contributed by atoms with Crippen LogP contribution in [-0.4, -0.2) is 69.2 Å². The maximum Gasteiger partial charge on any atom is 0.247 e. The molecule has 1 aromatic rings. The number of hydrogen-bond acceptors (Lipinski definition) is 6. The van der Waals surface area contributed by atoms with Crippen LogP contribution in [0.1, 0.15) is 52.4 Å². The van der Waals surface area contributed by atoms with E-state index in [2.05, 4.69) is 5.32 Å². The Balaban J connectivity index is 2.04. The summed E-state index contributed by atoms with van der Waals surface area (Å²) in [6, 6.07) is 4.99. The Labute approximate surface area is 196 Å². The molecule has 2 fully saturated rings. The van der Waals surface area contributed by atoms with Crippen molar-refractivity contribution in [2.45, 2.75) is 64.0 Å². The number of anilines is 1. The maximum absolute atomic E-state index is 13.7. The van der Waals surface area contributed by atoms with E-state index in [1.54, 1.807) is 25.1 Å². The molecule has 3 rings (SSSR count). The van der Waals surface area contributed by atoms with Crippen LogP contribution in [0.4, 0.5) is 5.69 Å². The number of nitrogens with one attached hydrogen (secondary N) is 1. The molecular formula is C23H35N3O6S. The molecule has 9 nitrogen and oxygen atoms in total. The van der Waals surface area contributed by atoms with Gasteiger partial charge in [-0.05, 0) is 26.7 Å². The van der Waals surface area contributed by atoms with Gasteiger partial charge in [-0.2, -0.15) is 4.31 Å². The summed E-state index contributed by atoms with van der Waals surface area (Å²) >= 11 is 0. The zero-order valence-electron chi connectivity index (χ0n) is 19.9. The van der Waals surface area contributed by atoms with Gasteiger partial charge < -0.3 is 14.8 Å². The molecular weight excluding hydrogens is 446 g/mol. The van der Waals surface area contributed by atoms with Gasteiger partial charge in [0.05, 0.1) is 32.2 Å². The van der Waals surface area contributed by atoms with Crippen molar-refractivity contribution in [3.8, 4) is 11.5 Å². The zero-order chi connectivity index (χ0) is 24.2. The van der Waals surface area contributed by atoms with Crippen LogP contribution >= 0.6 is 0 Å². The molecule has 1 aliphatic carbocycles. The molecule has 184 valence electrons. The highest BCUT2D eigenvalue weighted by Gasteiger charge is 2.51. The molecule has 1 saturated carbocycles. The van der Waals surface area contributed by atoms with Crippen molar-refractivity contribution in [3.05, 3.63) is 18.2 Å². The Bertz CT molecular complexity index is 952. The molecule has 0 unspecified atom stereocenters. The molecule has 1 atom stereocenters. The molecule has 2 aliphatic rings. The molecule has 33 heavy (non-hydrogen) atoms. The summed E-state index contributed by atoms with van der Waals surface area (Å²) in [6.45, 7) is 2.69. The minimum Gasteiger partial charge on any atom is -0.497 e. The van der Waals surface area contributed by atoms with E-state index in [1.807, 2.05) is 0 Å². The average Bonchev–Trinajstić information content (AvgIpc) is 3.06. The third-order valence-corrected chi connectivity index (χ3v) is 8.35. The Kier molecular flexibility index (Phi) is 7.89. The zero-order valence-corrected chi connectivity index (χ0v) is 20.7. The molecule has 0 radical (unpaired) electrons. The molecule has 1 N–H and O–H groups in total. The van der Waals surface area contributed by atoms with Crippen LogP contribution in [0.15, 0.2) is 18.2 Å². The van der Waals surface area contributed by atoms with E-state index in [9.17, 15) is 18.0 Å². The minimum atomic E-state index is -3.67. The quantitative estimate of drug-likeness (QED) is 0.599. The topological polar surface area (TPSA) is 105 Å². The molecule has 0 bridgehead atoms. The fourth-order valence-corrected chi connectivity index (χ4v) is 5.75. The Morgan fingerprint density at radius 2 is 1.67 bits per heavy atom. The predicted octanol–water partition coefficient (Wildman–Crippen LogP) is 2.30. The Morgan fingerprint density at radius 1 is 1.09 bits per heavy atom. The average molecular weight is 482 g/mol. The smallest absolute Gasteiger partial charge is 0.247 e. The monoisotopic (exact) mass is 481 g/mol. The first-order valence-electron chi connectivity index (χ1n) is 11.5. The Morgan fingerprint density at radius 3 is 2.18 bits per heavy atom. The second kappa shape index (κ2) is 10.3. The van der Waals surface area contributed by atoms with Gasteiger partial charge in [0.15, 0.2) is 0 Å². The van der Waals surface area contributed by atoms with E-state index in [4.69, 9.17) is 9.47 Å². The van der Waals surface area contributed by atoms with Gasteiger partial charge in [0, 0.05) is 30.8 Å². The van der Waals surface area contributed by atoms with Crippen molar-refractivity contribution in [3.63, 3.8) is 0 Å². The summed E-state index contributed by atoms with van der Waals surface area (Å²) in [7, 11) is -0.664. The lowest BCUT2D eigenvalue weighted by molar-refractivity contribution is -0.133. The predicted molar refractivity (Wildman–Crippen MR) is 126 cm³/mol. The minimum absolute atomic E-state index is 0.00628. The summed E-state index contributed by atoms with van der Waals surface area (Å²) in [6.07, 6.45) is 6.10. The summed E-state index contributed by atoms with van der Waals surface area (Å²) in [5, 5.41) is 3.12. The van der Waals surface area contributed by atoms with E-state index in [0.29, 0.717) is 17.2 Å². The normalized spacial score (nSPS) is 23.2. The summed E-state index contributed by atoms with van der Waals surface area (Å²) in [5.74, 6) is -0.0552. The van der Waals surface area contributed by atoms with Crippen molar-refractivity contribution in [2.75, 3.05) is 38.0 Å². The van der Waals surface area contributed by atoms with Gasteiger partial charge in [0.2, 0.25) is 21.8 Å². The second-order valence-corrected chi connectivity index (χ2v) is 11.2. The van der Waals surface area contributed by atoms with E-state index in [0.717, 1.165) is 42.8 Å². The van der Waals surface area contributed by atoms with Gasteiger partial charge in [0.1, 0.15) is 17.0 Å². The maximum atomic E-state index is 13.7. The first-order chi connectivity index (χ1) is 15.6. The van der Waals surface area contributed by atoms with Crippen LogP contribution in [0.3, 0.4) is 0 Å². The van der Waals surface area contributed by atoms with Crippen LogP contribution in [0.25, 0.3) is 0 Å². The van der Waals surface area contributed by atoms with Crippen molar-refractivity contribution in [1.82, 2.24) is 9.62 Å². The number of methoxy groups -OCH3 is 2. The summed E-state index contributed by atoms with van der Waals surface area (Å²) in [4.78, 5) is 28.5. The van der Waals surface area contributed by atoms with Crippen LogP contribution in [0, 0.1) is 0 Å². The van der Waals surface area contributed by atoms with E-state index >= 15 is 0 Å². The standard InChI is InChI=1S/C23H35N3O6S/c1-5-33(29,30)25-15-21(27)26(18-12-19(31-3)14-20(13-18)32-4)23(2,16-25)22(28)24-17-10-8-6-7-9-11-17/h12-14,17H,5-11,15-16H2,1-4H3,(H,24,28)/t23-/m0/s1. The molecule has 0 spiro atoms. The number of amides is 2. The van der Waals surface area contributed by atoms with Crippen molar-refractivity contribution in [2.24, 2.45) is 0 Å². The van der Waals surface area contributed by atoms with Crippen LogP contribution < -0.4 is 19.7 Å². The summed E-state index contributed by atoms with van der Waals surface area (Å²) < 4.78 is 37.2. The van der Waals surface area contributed by atoms with Gasteiger partial charge in [0.25, 0.3) is 0 Å². The highest BCUT2D eigenvalue weighted by atomic mass is 32.2. The largest absolute Gasteiger partial charge is 0.497 e. The molecule has 1 aliphatic heterocycles. The Hall–Kier alpha value is -2.33. The second-order valence-electron chi connectivity index (χ2n) is 8.90. The SMILES string of the molecule is CCS(=O)(=O)N1CC(=O)N(c2cc(OC)cc(OC)c2)[C@](C)(C(=O)NC2CCCCCC2)C1. The number of sulfonamides is 1.